The Labute approximate surface area is 110 Å². The van der Waals surface area contributed by atoms with Gasteiger partial charge in [0, 0.05) is 30.4 Å². The van der Waals surface area contributed by atoms with Crippen LogP contribution in [-0.2, 0) is 4.74 Å². The Kier molecular flexibility index (Phi) is 4.76. The van der Waals surface area contributed by atoms with Gasteiger partial charge in [-0.25, -0.2) is 0 Å². The van der Waals surface area contributed by atoms with Crippen molar-refractivity contribution in [3.8, 4) is 0 Å². The summed E-state index contributed by atoms with van der Waals surface area (Å²) in [6.07, 6.45) is 5.05. The zero-order valence-electron chi connectivity index (χ0n) is 9.60. The highest BCUT2D eigenvalue weighted by atomic mass is 79.9. The van der Waals surface area contributed by atoms with E-state index in [4.69, 9.17) is 4.74 Å². The Morgan fingerprint density at radius 1 is 1.47 bits per heavy atom. The molecule has 1 saturated heterocycles. The van der Waals surface area contributed by atoms with Gasteiger partial charge < -0.3 is 15.2 Å². The molecule has 0 aliphatic carbocycles. The molecule has 2 heterocycles. The lowest BCUT2D eigenvalue weighted by molar-refractivity contribution is 0.0131. The average Bonchev–Trinajstić information content (AvgIpc) is 2.37. The Morgan fingerprint density at radius 3 is 2.94 bits per heavy atom. The van der Waals surface area contributed by atoms with Crippen LogP contribution in [0.2, 0.25) is 0 Å². The van der Waals surface area contributed by atoms with Gasteiger partial charge in [0.2, 0.25) is 0 Å². The van der Waals surface area contributed by atoms with E-state index in [9.17, 15) is 5.11 Å². The number of halogens is 1. The largest absolute Gasteiger partial charge is 0.391 e. The number of aliphatic hydroxyl groups excluding tert-OH is 1. The number of hydrogen-bond donors (Lipinski definition) is 2. The predicted molar refractivity (Wildman–Crippen MR) is 70.0 cm³/mol. The standard InChI is InChI=1S/C12H17BrN2O2/c13-10-5-11(7-14-6-10)15-8-12(16)9-1-3-17-4-2-9/h5-7,9,12,15-16H,1-4,8H2/t12-/m1/s1. The molecule has 0 unspecified atom stereocenters. The van der Waals surface area contributed by atoms with E-state index in [1.54, 1.807) is 12.4 Å². The van der Waals surface area contributed by atoms with E-state index in [0.717, 1.165) is 36.2 Å². The van der Waals surface area contributed by atoms with Crippen LogP contribution in [0.3, 0.4) is 0 Å². The fraction of sp³-hybridized carbons (Fsp3) is 0.583. The maximum absolute atomic E-state index is 10.1. The van der Waals surface area contributed by atoms with Gasteiger partial charge in [-0.15, -0.1) is 0 Å². The third-order valence-corrected chi connectivity index (χ3v) is 3.46. The lowest BCUT2D eigenvalue weighted by Gasteiger charge is -2.27. The van der Waals surface area contributed by atoms with E-state index in [0.29, 0.717) is 12.5 Å². The van der Waals surface area contributed by atoms with Crippen LogP contribution in [0, 0.1) is 5.92 Å². The molecule has 2 rings (SSSR count). The summed E-state index contributed by atoms with van der Waals surface area (Å²) in [5.74, 6) is 0.344. The monoisotopic (exact) mass is 300 g/mol. The summed E-state index contributed by atoms with van der Waals surface area (Å²) in [6.45, 7) is 2.09. The summed E-state index contributed by atoms with van der Waals surface area (Å²) in [5.41, 5.74) is 0.922. The molecule has 94 valence electrons. The Balaban J connectivity index is 1.80. The Bertz CT molecular complexity index is 356. The minimum atomic E-state index is -0.321. The zero-order chi connectivity index (χ0) is 12.1. The van der Waals surface area contributed by atoms with Crippen LogP contribution in [0.25, 0.3) is 0 Å². The lowest BCUT2D eigenvalue weighted by Crippen LogP contribution is -2.32. The van der Waals surface area contributed by atoms with Crippen molar-refractivity contribution in [1.29, 1.82) is 0 Å². The predicted octanol–water partition coefficient (Wildman–Crippen LogP) is 2.04. The van der Waals surface area contributed by atoms with E-state index < -0.39 is 0 Å². The molecule has 1 aliphatic rings. The van der Waals surface area contributed by atoms with Crippen molar-refractivity contribution in [3.05, 3.63) is 22.9 Å². The molecule has 0 aromatic carbocycles. The molecule has 0 saturated carbocycles. The summed E-state index contributed by atoms with van der Waals surface area (Å²) in [4.78, 5) is 4.06. The molecule has 17 heavy (non-hydrogen) atoms. The highest BCUT2D eigenvalue weighted by Gasteiger charge is 2.21. The molecule has 1 aliphatic heterocycles. The second-order valence-electron chi connectivity index (χ2n) is 4.29. The molecule has 2 N–H and O–H groups in total. The molecule has 0 spiro atoms. The molecule has 1 aromatic heterocycles. The minimum Gasteiger partial charge on any atom is -0.391 e. The van der Waals surface area contributed by atoms with Gasteiger partial charge in [-0.3, -0.25) is 4.98 Å². The number of hydrogen-bond acceptors (Lipinski definition) is 4. The van der Waals surface area contributed by atoms with Crippen LogP contribution in [0.5, 0.6) is 0 Å². The third kappa shape index (κ3) is 3.94. The van der Waals surface area contributed by atoms with Gasteiger partial charge in [-0.05, 0) is 40.8 Å². The van der Waals surface area contributed by atoms with Crippen LogP contribution in [0.4, 0.5) is 5.69 Å². The number of anilines is 1. The Hall–Kier alpha value is -0.650. The van der Waals surface area contributed by atoms with Crippen molar-refractivity contribution in [1.82, 2.24) is 4.98 Å². The topological polar surface area (TPSA) is 54.4 Å². The van der Waals surface area contributed by atoms with Crippen LogP contribution < -0.4 is 5.32 Å². The molecule has 0 bridgehead atoms. The number of rotatable bonds is 4. The van der Waals surface area contributed by atoms with Gasteiger partial charge in [0.05, 0.1) is 18.0 Å². The first kappa shape index (κ1) is 12.8. The van der Waals surface area contributed by atoms with Gasteiger partial charge >= 0.3 is 0 Å². The zero-order valence-corrected chi connectivity index (χ0v) is 11.2. The molecule has 1 aromatic rings. The molecule has 5 heteroatoms. The molecule has 1 fully saturated rings. The van der Waals surface area contributed by atoms with Crippen LogP contribution in [-0.4, -0.2) is 36.0 Å². The highest BCUT2D eigenvalue weighted by Crippen LogP contribution is 2.20. The third-order valence-electron chi connectivity index (χ3n) is 3.03. The fourth-order valence-electron chi connectivity index (χ4n) is 2.00. The number of nitrogens with zero attached hydrogens (tertiary/aromatic N) is 1. The summed E-state index contributed by atoms with van der Waals surface area (Å²) < 4.78 is 6.21. The molecule has 1 atom stereocenters. The second-order valence-corrected chi connectivity index (χ2v) is 5.21. The van der Waals surface area contributed by atoms with E-state index >= 15 is 0 Å². The number of aromatic nitrogens is 1. The summed E-state index contributed by atoms with van der Waals surface area (Å²) in [7, 11) is 0. The molecular weight excluding hydrogens is 284 g/mol. The lowest BCUT2D eigenvalue weighted by atomic mass is 9.94. The second kappa shape index (κ2) is 6.33. The van der Waals surface area contributed by atoms with Gasteiger partial charge in [0.1, 0.15) is 0 Å². The van der Waals surface area contributed by atoms with Gasteiger partial charge in [-0.2, -0.15) is 0 Å². The van der Waals surface area contributed by atoms with Crippen LogP contribution in [0.15, 0.2) is 22.9 Å². The maximum Gasteiger partial charge on any atom is 0.0742 e. The van der Waals surface area contributed by atoms with E-state index in [1.165, 1.54) is 0 Å². The number of nitrogens with one attached hydrogen (secondary N) is 1. The van der Waals surface area contributed by atoms with Crippen molar-refractivity contribution < 1.29 is 9.84 Å². The van der Waals surface area contributed by atoms with Crippen LogP contribution in [0.1, 0.15) is 12.8 Å². The maximum atomic E-state index is 10.1. The molecule has 0 amide bonds. The number of pyridine rings is 1. The van der Waals surface area contributed by atoms with Gasteiger partial charge in [0.15, 0.2) is 0 Å². The van der Waals surface area contributed by atoms with E-state index in [2.05, 4.69) is 26.2 Å². The van der Waals surface area contributed by atoms with E-state index in [1.807, 2.05) is 6.07 Å². The first-order valence-corrected chi connectivity index (χ1v) is 6.65. The SMILES string of the molecule is O[C@H](CNc1cncc(Br)c1)C1CCOCC1. The quantitative estimate of drug-likeness (QED) is 0.893. The van der Waals surface area contributed by atoms with Crippen molar-refractivity contribution >= 4 is 21.6 Å². The van der Waals surface area contributed by atoms with Crippen molar-refractivity contribution in [2.24, 2.45) is 5.92 Å². The van der Waals surface area contributed by atoms with E-state index in [-0.39, 0.29) is 6.10 Å². The summed E-state index contributed by atoms with van der Waals surface area (Å²) in [6, 6.07) is 1.95. The normalized spacial score (nSPS) is 18.9. The van der Waals surface area contributed by atoms with Gasteiger partial charge in [-0.1, -0.05) is 0 Å². The molecular formula is C12H17BrN2O2. The highest BCUT2D eigenvalue weighted by molar-refractivity contribution is 9.10. The molecule has 0 radical (unpaired) electrons. The average molecular weight is 301 g/mol. The van der Waals surface area contributed by atoms with Crippen molar-refractivity contribution in [2.45, 2.75) is 18.9 Å². The summed E-state index contributed by atoms with van der Waals surface area (Å²) >= 11 is 3.36. The first-order valence-electron chi connectivity index (χ1n) is 5.86. The smallest absolute Gasteiger partial charge is 0.0742 e. The number of ether oxygens (including phenoxy) is 1. The van der Waals surface area contributed by atoms with Crippen molar-refractivity contribution in [3.63, 3.8) is 0 Å². The first-order chi connectivity index (χ1) is 8.25. The van der Waals surface area contributed by atoms with Gasteiger partial charge in [0.25, 0.3) is 0 Å². The van der Waals surface area contributed by atoms with Crippen LogP contribution >= 0.6 is 15.9 Å². The molecule has 4 nitrogen and oxygen atoms in total. The Morgan fingerprint density at radius 2 is 2.24 bits per heavy atom. The number of aliphatic hydroxyl groups is 1. The summed E-state index contributed by atoms with van der Waals surface area (Å²) in [5, 5.41) is 13.3. The van der Waals surface area contributed by atoms with Crippen molar-refractivity contribution in [2.75, 3.05) is 25.1 Å². The minimum absolute atomic E-state index is 0.321. The fourth-order valence-corrected chi connectivity index (χ4v) is 2.36.